The fraction of sp³-hybridized carbons (Fsp3) is 0.217. The maximum atomic E-state index is 14.5. The molecule has 0 aliphatic carbocycles. The summed E-state index contributed by atoms with van der Waals surface area (Å²) in [5.74, 6) is -1.82. The topological polar surface area (TPSA) is 120 Å². The first kappa shape index (κ1) is 25.5. The number of aryl methyl sites for hydroxylation is 1. The second kappa shape index (κ2) is 9.79. The Hall–Kier alpha value is -4.62. The Labute approximate surface area is 207 Å². The van der Waals surface area contributed by atoms with Crippen LogP contribution in [0.1, 0.15) is 34.6 Å². The zero-order chi connectivity index (χ0) is 26.9. The molecular weight excluding hydrogens is 496 g/mol. The van der Waals surface area contributed by atoms with Crippen molar-refractivity contribution >= 4 is 11.7 Å². The summed E-state index contributed by atoms with van der Waals surface area (Å²) in [6.45, 7) is 1.33. The molecule has 0 fully saturated rings. The van der Waals surface area contributed by atoms with Gasteiger partial charge in [-0.15, -0.1) is 5.10 Å². The first-order chi connectivity index (χ1) is 17.5. The molecule has 1 aromatic carbocycles. The molecule has 1 amide bonds. The number of pyridine rings is 1. The molecule has 4 rings (SSSR count). The van der Waals surface area contributed by atoms with Crippen LogP contribution in [0.5, 0.6) is 0 Å². The van der Waals surface area contributed by atoms with E-state index in [1.807, 2.05) is 0 Å². The lowest BCUT2D eigenvalue weighted by Crippen LogP contribution is -2.31. The van der Waals surface area contributed by atoms with Crippen molar-refractivity contribution in [1.82, 2.24) is 35.1 Å². The highest BCUT2D eigenvalue weighted by molar-refractivity contribution is 5.92. The summed E-state index contributed by atoms with van der Waals surface area (Å²) >= 11 is 0. The van der Waals surface area contributed by atoms with Crippen molar-refractivity contribution in [1.29, 1.82) is 0 Å². The molecule has 0 spiro atoms. The molecule has 0 aliphatic heterocycles. The molecule has 0 saturated heterocycles. The van der Waals surface area contributed by atoms with Gasteiger partial charge in [-0.05, 0) is 25.1 Å². The van der Waals surface area contributed by atoms with E-state index in [2.05, 4.69) is 31.0 Å². The Kier molecular flexibility index (Phi) is 6.74. The van der Waals surface area contributed by atoms with E-state index in [-0.39, 0.29) is 16.9 Å². The van der Waals surface area contributed by atoms with Crippen LogP contribution < -0.4 is 16.2 Å². The zero-order valence-corrected chi connectivity index (χ0v) is 19.7. The van der Waals surface area contributed by atoms with Crippen molar-refractivity contribution < 1.29 is 22.4 Å². The molecule has 14 heteroatoms. The minimum Gasteiger partial charge on any atom is -0.373 e. The van der Waals surface area contributed by atoms with Gasteiger partial charge in [-0.1, -0.05) is 17.3 Å². The van der Waals surface area contributed by atoms with Crippen LogP contribution in [0.25, 0.3) is 16.9 Å². The van der Waals surface area contributed by atoms with Crippen LogP contribution in [0.4, 0.5) is 23.4 Å². The molecular formula is C23H20F4N8O2. The van der Waals surface area contributed by atoms with E-state index in [9.17, 15) is 27.2 Å². The third-order valence-electron chi connectivity index (χ3n) is 5.53. The molecule has 1 atom stereocenters. The van der Waals surface area contributed by atoms with Gasteiger partial charge in [0, 0.05) is 31.3 Å². The molecule has 37 heavy (non-hydrogen) atoms. The van der Waals surface area contributed by atoms with E-state index in [4.69, 9.17) is 0 Å². The highest BCUT2D eigenvalue weighted by Gasteiger charge is 2.35. The van der Waals surface area contributed by atoms with Gasteiger partial charge in [-0.25, -0.2) is 14.1 Å². The molecule has 0 radical (unpaired) electrons. The fourth-order valence-electron chi connectivity index (χ4n) is 3.67. The normalized spacial score (nSPS) is 12.3. The summed E-state index contributed by atoms with van der Waals surface area (Å²) in [6.07, 6.45) is -2.01. The minimum absolute atomic E-state index is 0.222. The lowest BCUT2D eigenvalue weighted by Gasteiger charge is -2.18. The summed E-state index contributed by atoms with van der Waals surface area (Å²) in [5.41, 5.74) is -1.19. The predicted molar refractivity (Wildman–Crippen MR) is 124 cm³/mol. The second-order valence-electron chi connectivity index (χ2n) is 7.95. The monoisotopic (exact) mass is 516 g/mol. The molecule has 0 aliphatic rings. The van der Waals surface area contributed by atoms with Gasteiger partial charge in [0.2, 0.25) is 0 Å². The summed E-state index contributed by atoms with van der Waals surface area (Å²) in [4.78, 5) is 29.7. The van der Waals surface area contributed by atoms with Crippen LogP contribution in [0, 0.1) is 5.82 Å². The smallest absolute Gasteiger partial charge is 0.373 e. The summed E-state index contributed by atoms with van der Waals surface area (Å²) in [7, 11) is 3.34. The maximum Gasteiger partial charge on any atom is 0.419 e. The largest absolute Gasteiger partial charge is 0.419 e. The number of hydrogen-bond donors (Lipinski definition) is 2. The Morgan fingerprint density at radius 1 is 1.14 bits per heavy atom. The van der Waals surface area contributed by atoms with Crippen LogP contribution in [0.3, 0.4) is 0 Å². The van der Waals surface area contributed by atoms with Gasteiger partial charge in [0.05, 0.1) is 35.4 Å². The summed E-state index contributed by atoms with van der Waals surface area (Å²) in [5, 5.41) is 17.2. The Balaban J connectivity index is 1.66. The van der Waals surface area contributed by atoms with E-state index >= 15 is 0 Å². The van der Waals surface area contributed by atoms with Gasteiger partial charge in [0.15, 0.2) is 0 Å². The van der Waals surface area contributed by atoms with Crippen molar-refractivity contribution in [2.75, 3.05) is 12.4 Å². The second-order valence-corrected chi connectivity index (χ2v) is 7.95. The van der Waals surface area contributed by atoms with E-state index in [0.717, 1.165) is 28.9 Å². The van der Waals surface area contributed by atoms with Crippen molar-refractivity contribution in [3.05, 3.63) is 81.8 Å². The van der Waals surface area contributed by atoms with E-state index in [0.29, 0.717) is 23.1 Å². The lowest BCUT2D eigenvalue weighted by molar-refractivity contribution is -0.140. The summed E-state index contributed by atoms with van der Waals surface area (Å²) < 4.78 is 56.2. The van der Waals surface area contributed by atoms with Crippen LogP contribution >= 0.6 is 0 Å². The molecule has 0 saturated carbocycles. The highest BCUT2D eigenvalue weighted by atomic mass is 19.4. The number of nitrogens with zero attached hydrogens (tertiary/aromatic N) is 6. The van der Waals surface area contributed by atoms with Crippen molar-refractivity contribution in [2.24, 2.45) is 7.05 Å². The van der Waals surface area contributed by atoms with Gasteiger partial charge >= 0.3 is 6.18 Å². The molecule has 2 N–H and O–H groups in total. The SMILES string of the molecule is CNc1ncc(-n2nc(C(=O)N[C@H](C)c3cccc(C(F)(F)F)c3F)ccc2=O)cc1-c1cnnn1C. The molecule has 10 nitrogen and oxygen atoms in total. The van der Waals surface area contributed by atoms with Gasteiger partial charge < -0.3 is 10.6 Å². The number of carbonyl (C=O) groups excluding carboxylic acids is 1. The van der Waals surface area contributed by atoms with Crippen LogP contribution in [-0.2, 0) is 13.2 Å². The van der Waals surface area contributed by atoms with Crippen LogP contribution in [-0.4, -0.2) is 42.7 Å². The van der Waals surface area contributed by atoms with Crippen LogP contribution in [0.15, 0.2) is 53.6 Å². The lowest BCUT2D eigenvalue weighted by atomic mass is 10.0. The molecule has 0 bridgehead atoms. The Morgan fingerprint density at radius 3 is 2.54 bits per heavy atom. The predicted octanol–water partition coefficient (Wildman–Crippen LogP) is 3.11. The van der Waals surface area contributed by atoms with Gasteiger partial charge in [-0.2, -0.15) is 23.0 Å². The van der Waals surface area contributed by atoms with Gasteiger partial charge in [-0.3, -0.25) is 9.59 Å². The molecule has 3 heterocycles. The number of benzene rings is 1. The quantitative estimate of drug-likeness (QED) is 0.378. The van der Waals surface area contributed by atoms with Gasteiger partial charge in [0.25, 0.3) is 11.5 Å². The molecule has 0 unspecified atom stereocenters. The number of amides is 1. The number of hydrogen-bond acceptors (Lipinski definition) is 7. The Morgan fingerprint density at radius 2 is 1.89 bits per heavy atom. The number of halogens is 4. The van der Waals surface area contributed by atoms with Gasteiger partial charge in [0.1, 0.15) is 17.3 Å². The van der Waals surface area contributed by atoms with E-state index < -0.39 is 35.1 Å². The highest BCUT2D eigenvalue weighted by Crippen LogP contribution is 2.34. The Bertz CT molecular complexity index is 1530. The van der Waals surface area contributed by atoms with Crippen molar-refractivity contribution in [3.8, 4) is 16.9 Å². The molecule has 192 valence electrons. The third-order valence-corrected chi connectivity index (χ3v) is 5.53. The zero-order valence-electron chi connectivity index (χ0n) is 19.7. The standard InChI is InChI=1S/C23H20F4N8O2/c1-12(14-5-4-6-16(20(14)24)23(25,26)27)31-22(37)17-7-8-19(36)35(32-17)13-9-15(21(28-2)29-10-13)18-11-30-33-34(18)3/h4-12H,1-3H3,(H,28,29)(H,31,37)/t12-/m1/s1. The number of anilines is 1. The van der Waals surface area contributed by atoms with E-state index in [1.165, 1.54) is 24.0 Å². The third kappa shape index (κ3) is 5.03. The van der Waals surface area contributed by atoms with E-state index in [1.54, 1.807) is 20.2 Å². The summed E-state index contributed by atoms with van der Waals surface area (Å²) in [6, 6.07) is 5.56. The maximum absolute atomic E-state index is 14.5. The van der Waals surface area contributed by atoms with Crippen molar-refractivity contribution in [3.63, 3.8) is 0 Å². The molecule has 3 aromatic heterocycles. The number of rotatable bonds is 6. The number of aromatic nitrogens is 6. The number of nitrogens with one attached hydrogen (secondary N) is 2. The first-order valence-corrected chi connectivity index (χ1v) is 10.8. The van der Waals surface area contributed by atoms with Crippen molar-refractivity contribution in [2.45, 2.75) is 19.1 Å². The number of alkyl halides is 3. The fourth-order valence-corrected chi connectivity index (χ4v) is 3.67. The average molecular weight is 516 g/mol. The first-order valence-electron chi connectivity index (χ1n) is 10.8. The minimum atomic E-state index is -4.89. The van der Waals surface area contributed by atoms with Crippen LogP contribution in [0.2, 0.25) is 0 Å². The average Bonchev–Trinajstić information content (AvgIpc) is 3.28. The molecule has 4 aromatic rings. The number of carbonyl (C=O) groups is 1.